The van der Waals surface area contributed by atoms with E-state index in [1.807, 2.05) is 0 Å². The summed E-state index contributed by atoms with van der Waals surface area (Å²) in [6.45, 7) is 3.41. The summed E-state index contributed by atoms with van der Waals surface area (Å²) in [5.74, 6) is -0.301. The highest BCUT2D eigenvalue weighted by Crippen LogP contribution is 2.30. The second-order valence-electron chi connectivity index (χ2n) is 5.67. The zero-order valence-corrected chi connectivity index (χ0v) is 12.2. The van der Waals surface area contributed by atoms with Crippen LogP contribution in [0.5, 0.6) is 0 Å². The molecule has 2 aromatic carbocycles. The average Bonchev–Trinajstić information content (AvgIpc) is 2.69. The lowest BCUT2D eigenvalue weighted by Crippen LogP contribution is -2.24. The van der Waals surface area contributed by atoms with Crippen LogP contribution in [0.4, 0.5) is 10.1 Å². The predicted molar refractivity (Wildman–Crippen MR) is 82.8 cm³/mol. The Morgan fingerprint density at radius 2 is 1.90 bits per heavy atom. The molecule has 3 rings (SSSR count). The van der Waals surface area contributed by atoms with Gasteiger partial charge < -0.3 is 10.0 Å². The Morgan fingerprint density at radius 1 is 1.14 bits per heavy atom. The van der Waals surface area contributed by atoms with Crippen LogP contribution in [0.2, 0.25) is 0 Å². The van der Waals surface area contributed by atoms with Gasteiger partial charge in [0.2, 0.25) is 0 Å². The number of aliphatic hydroxyl groups is 1. The largest absolute Gasteiger partial charge is 0.389 e. The normalized spacial score (nSPS) is 16.2. The molecule has 2 nitrogen and oxygen atoms in total. The SMILES string of the molecule is C[C@@H](O)c1cc(F)ccc1N1CCCc2ccccc2C1. The summed E-state index contributed by atoms with van der Waals surface area (Å²) in [5, 5.41) is 9.93. The van der Waals surface area contributed by atoms with Gasteiger partial charge in [0.1, 0.15) is 5.82 Å². The molecule has 0 saturated carbocycles. The smallest absolute Gasteiger partial charge is 0.123 e. The number of anilines is 1. The van der Waals surface area contributed by atoms with E-state index in [2.05, 4.69) is 29.2 Å². The van der Waals surface area contributed by atoms with Crippen LogP contribution in [0.15, 0.2) is 42.5 Å². The second kappa shape index (κ2) is 5.86. The van der Waals surface area contributed by atoms with E-state index in [9.17, 15) is 9.50 Å². The molecule has 0 amide bonds. The van der Waals surface area contributed by atoms with Gasteiger partial charge in [-0.25, -0.2) is 4.39 Å². The number of aryl methyl sites for hydroxylation is 1. The summed E-state index contributed by atoms with van der Waals surface area (Å²) >= 11 is 0. The summed E-state index contributed by atoms with van der Waals surface area (Å²) in [7, 11) is 0. The minimum Gasteiger partial charge on any atom is -0.389 e. The lowest BCUT2D eigenvalue weighted by atomic mass is 10.0. The molecule has 1 heterocycles. The van der Waals surface area contributed by atoms with Crippen molar-refractivity contribution in [3.05, 3.63) is 65.0 Å². The van der Waals surface area contributed by atoms with Crippen LogP contribution in [0, 0.1) is 5.82 Å². The number of hydrogen-bond acceptors (Lipinski definition) is 2. The maximum Gasteiger partial charge on any atom is 0.123 e. The number of halogens is 1. The van der Waals surface area contributed by atoms with Crippen molar-refractivity contribution in [2.45, 2.75) is 32.4 Å². The molecule has 0 saturated heterocycles. The quantitative estimate of drug-likeness (QED) is 0.906. The molecule has 1 aliphatic rings. The number of benzene rings is 2. The van der Waals surface area contributed by atoms with E-state index in [4.69, 9.17) is 0 Å². The monoisotopic (exact) mass is 285 g/mol. The Balaban J connectivity index is 1.98. The van der Waals surface area contributed by atoms with Crippen LogP contribution < -0.4 is 4.90 Å². The zero-order valence-electron chi connectivity index (χ0n) is 12.2. The molecular weight excluding hydrogens is 265 g/mol. The van der Waals surface area contributed by atoms with E-state index >= 15 is 0 Å². The number of hydrogen-bond donors (Lipinski definition) is 1. The lowest BCUT2D eigenvalue weighted by molar-refractivity contribution is 0.199. The molecule has 0 fully saturated rings. The van der Waals surface area contributed by atoms with Crippen LogP contribution in [-0.4, -0.2) is 11.7 Å². The van der Waals surface area contributed by atoms with Crippen LogP contribution in [0.3, 0.4) is 0 Å². The first-order valence-corrected chi connectivity index (χ1v) is 7.44. The molecule has 1 aliphatic heterocycles. The predicted octanol–water partition coefficient (Wildman–Crippen LogP) is 3.83. The zero-order chi connectivity index (χ0) is 14.8. The highest BCUT2D eigenvalue weighted by molar-refractivity contribution is 5.56. The topological polar surface area (TPSA) is 23.5 Å². The van der Waals surface area contributed by atoms with E-state index in [0.717, 1.165) is 31.6 Å². The highest BCUT2D eigenvalue weighted by atomic mass is 19.1. The molecule has 2 aromatic rings. The molecule has 0 aromatic heterocycles. The Labute approximate surface area is 124 Å². The van der Waals surface area contributed by atoms with Gasteiger partial charge in [0.05, 0.1) is 6.10 Å². The fraction of sp³-hybridized carbons (Fsp3) is 0.333. The van der Waals surface area contributed by atoms with Crippen LogP contribution in [-0.2, 0) is 13.0 Å². The van der Waals surface area contributed by atoms with Gasteiger partial charge >= 0.3 is 0 Å². The standard InChI is InChI=1S/C18H20FNO/c1-13(21)17-11-16(19)8-9-18(17)20-10-4-7-14-5-2-3-6-15(14)12-20/h2-3,5-6,8-9,11,13,21H,4,7,10,12H2,1H3/t13-/m1/s1. The first-order chi connectivity index (χ1) is 10.1. The molecule has 1 N–H and O–H groups in total. The minimum absolute atomic E-state index is 0.301. The molecule has 0 unspecified atom stereocenters. The van der Waals surface area contributed by atoms with Gasteiger partial charge in [-0.2, -0.15) is 0 Å². The molecule has 1 atom stereocenters. The third-order valence-corrected chi connectivity index (χ3v) is 4.13. The van der Waals surface area contributed by atoms with E-state index in [1.54, 1.807) is 13.0 Å². The first kappa shape index (κ1) is 14.1. The summed E-state index contributed by atoms with van der Waals surface area (Å²) in [6.07, 6.45) is 1.46. The molecule has 0 aliphatic carbocycles. The van der Waals surface area contributed by atoms with Crippen molar-refractivity contribution >= 4 is 5.69 Å². The van der Waals surface area contributed by atoms with E-state index < -0.39 is 6.10 Å². The number of aliphatic hydroxyl groups excluding tert-OH is 1. The van der Waals surface area contributed by atoms with Crippen LogP contribution in [0.25, 0.3) is 0 Å². The molecule has 0 bridgehead atoms. The molecule has 21 heavy (non-hydrogen) atoms. The van der Waals surface area contributed by atoms with Crippen molar-refractivity contribution in [1.82, 2.24) is 0 Å². The van der Waals surface area contributed by atoms with E-state index in [1.165, 1.54) is 23.3 Å². The Bertz CT molecular complexity index is 639. The van der Waals surface area contributed by atoms with E-state index in [0.29, 0.717) is 5.56 Å². The minimum atomic E-state index is -0.672. The third kappa shape index (κ3) is 2.93. The van der Waals surface area contributed by atoms with Crippen LogP contribution >= 0.6 is 0 Å². The molecular formula is C18H20FNO. The summed E-state index contributed by atoms with van der Waals surface area (Å²) in [5.41, 5.74) is 4.30. The van der Waals surface area contributed by atoms with Crippen molar-refractivity contribution < 1.29 is 9.50 Å². The van der Waals surface area contributed by atoms with Crippen molar-refractivity contribution in [2.24, 2.45) is 0 Å². The number of rotatable bonds is 2. The lowest BCUT2D eigenvalue weighted by Gasteiger charge is -2.27. The summed E-state index contributed by atoms with van der Waals surface area (Å²) < 4.78 is 13.5. The number of fused-ring (bicyclic) bond motifs is 1. The molecule has 110 valence electrons. The van der Waals surface area contributed by atoms with Gasteiger partial charge in [0, 0.05) is 24.3 Å². The summed E-state index contributed by atoms with van der Waals surface area (Å²) in [4.78, 5) is 2.24. The van der Waals surface area contributed by atoms with Crippen molar-refractivity contribution in [1.29, 1.82) is 0 Å². The van der Waals surface area contributed by atoms with E-state index in [-0.39, 0.29) is 5.82 Å². The highest BCUT2D eigenvalue weighted by Gasteiger charge is 2.19. The average molecular weight is 285 g/mol. The Hall–Kier alpha value is -1.87. The first-order valence-electron chi connectivity index (χ1n) is 7.44. The fourth-order valence-corrected chi connectivity index (χ4v) is 3.05. The maximum absolute atomic E-state index is 13.5. The van der Waals surface area contributed by atoms with Crippen molar-refractivity contribution in [2.75, 3.05) is 11.4 Å². The van der Waals surface area contributed by atoms with Crippen molar-refractivity contribution in [3.8, 4) is 0 Å². The van der Waals surface area contributed by atoms with Gasteiger partial charge in [0.25, 0.3) is 0 Å². The molecule has 3 heteroatoms. The van der Waals surface area contributed by atoms with Crippen molar-refractivity contribution in [3.63, 3.8) is 0 Å². The van der Waals surface area contributed by atoms with Gasteiger partial charge in [-0.05, 0) is 49.1 Å². The second-order valence-corrected chi connectivity index (χ2v) is 5.67. The van der Waals surface area contributed by atoms with Gasteiger partial charge in [-0.3, -0.25) is 0 Å². The third-order valence-electron chi connectivity index (χ3n) is 4.13. The Kier molecular flexibility index (Phi) is 3.93. The fourth-order valence-electron chi connectivity index (χ4n) is 3.05. The maximum atomic E-state index is 13.5. The van der Waals surface area contributed by atoms with Crippen LogP contribution in [0.1, 0.15) is 36.1 Å². The molecule has 0 radical (unpaired) electrons. The summed E-state index contributed by atoms with van der Waals surface area (Å²) in [6, 6.07) is 13.2. The van der Waals surface area contributed by atoms with Gasteiger partial charge in [0.15, 0.2) is 0 Å². The van der Waals surface area contributed by atoms with Gasteiger partial charge in [-0.1, -0.05) is 24.3 Å². The number of nitrogens with zero attached hydrogens (tertiary/aromatic N) is 1. The Morgan fingerprint density at radius 3 is 2.67 bits per heavy atom. The van der Waals surface area contributed by atoms with Gasteiger partial charge in [-0.15, -0.1) is 0 Å². The molecule has 0 spiro atoms.